The Morgan fingerprint density at radius 3 is 2.75 bits per heavy atom. The van der Waals surface area contributed by atoms with Gasteiger partial charge in [0.1, 0.15) is 23.6 Å². The highest BCUT2D eigenvalue weighted by Crippen LogP contribution is 2.25. The predicted molar refractivity (Wildman–Crippen MR) is 101 cm³/mol. The van der Waals surface area contributed by atoms with Crippen molar-refractivity contribution in [1.82, 2.24) is 14.8 Å². The van der Waals surface area contributed by atoms with Crippen LogP contribution in [0.25, 0.3) is 5.69 Å². The number of anilines is 3. The van der Waals surface area contributed by atoms with Crippen molar-refractivity contribution in [2.24, 2.45) is 0 Å². The summed E-state index contributed by atoms with van der Waals surface area (Å²) < 4.78 is 47.7. The molecule has 148 valence electrons. The fourth-order valence-electron chi connectivity index (χ4n) is 3.07. The SMILES string of the molecule is Fc1cc(Nc2ncn(-c3ccc(F)cc3F)n2)cc(N2CCCOCC2)c1.[HH]. The first-order chi connectivity index (χ1) is 13.6. The summed E-state index contributed by atoms with van der Waals surface area (Å²) in [6.45, 7) is 2.74. The van der Waals surface area contributed by atoms with Gasteiger partial charge in [0.15, 0.2) is 5.82 Å². The minimum absolute atomic E-state index is 0. The van der Waals surface area contributed by atoms with Crippen molar-refractivity contribution in [3.63, 3.8) is 0 Å². The lowest BCUT2D eigenvalue weighted by molar-refractivity contribution is 0.152. The number of hydrogen-bond donors (Lipinski definition) is 1. The number of rotatable bonds is 4. The number of nitrogens with zero attached hydrogens (tertiary/aromatic N) is 4. The second-order valence-corrected chi connectivity index (χ2v) is 6.38. The van der Waals surface area contributed by atoms with E-state index in [-0.39, 0.29) is 13.1 Å². The van der Waals surface area contributed by atoms with Crippen LogP contribution in [0.1, 0.15) is 7.85 Å². The van der Waals surface area contributed by atoms with Crippen molar-refractivity contribution >= 4 is 17.3 Å². The number of aromatic nitrogens is 3. The van der Waals surface area contributed by atoms with Gasteiger partial charge in [-0.2, -0.15) is 4.98 Å². The molecular weight excluding hydrogens is 371 g/mol. The molecule has 0 aliphatic carbocycles. The highest BCUT2D eigenvalue weighted by molar-refractivity contribution is 5.62. The Kier molecular flexibility index (Phi) is 5.16. The zero-order valence-electron chi connectivity index (χ0n) is 14.9. The lowest BCUT2D eigenvalue weighted by Gasteiger charge is -2.22. The third-order valence-corrected chi connectivity index (χ3v) is 4.37. The van der Waals surface area contributed by atoms with E-state index < -0.39 is 17.5 Å². The number of benzene rings is 2. The maximum absolute atomic E-state index is 14.1. The molecule has 1 saturated heterocycles. The second-order valence-electron chi connectivity index (χ2n) is 6.38. The minimum atomic E-state index is -0.757. The highest BCUT2D eigenvalue weighted by atomic mass is 19.1. The molecule has 3 aromatic rings. The Morgan fingerprint density at radius 1 is 1.00 bits per heavy atom. The second kappa shape index (κ2) is 7.89. The van der Waals surface area contributed by atoms with Crippen molar-refractivity contribution in [2.45, 2.75) is 6.42 Å². The maximum atomic E-state index is 14.1. The Balaban J connectivity index is 0.00000240. The number of nitrogens with one attached hydrogen (secondary N) is 1. The molecular formula is C19H20F3N5O. The highest BCUT2D eigenvalue weighted by Gasteiger charge is 2.13. The zero-order chi connectivity index (χ0) is 19.5. The Labute approximate surface area is 161 Å². The lowest BCUT2D eigenvalue weighted by atomic mass is 10.2. The number of hydrogen-bond acceptors (Lipinski definition) is 5. The molecule has 0 radical (unpaired) electrons. The zero-order valence-corrected chi connectivity index (χ0v) is 14.9. The molecule has 1 aromatic heterocycles. The van der Waals surface area contributed by atoms with Gasteiger partial charge in [0, 0.05) is 38.6 Å². The molecule has 0 saturated carbocycles. The summed E-state index contributed by atoms with van der Waals surface area (Å²) in [6.07, 6.45) is 2.17. The molecule has 2 heterocycles. The van der Waals surface area contributed by atoms with Crippen LogP contribution in [0.5, 0.6) is 0 Å². The van der Waals surface area contributed by atoms with Crippen LogP contribution in [0.4, 0.5) is 30.5 Å². The summed E-state index contributed by atoms with van der Waals surface area (Å²) in [5, 5.41) is 7.05. The molecule has 1 N–H and O–H groups in total. The normalized spacial score (nSPS) is 14.8. The van der Waals surface area contributed by atoms with Crippen LogP contribution in [-0.4, -0.2) is 41.1 Å². The van der Waals surface area contributed by atoms with Crippen molar-refractivity contribution in [3.05, 3.63) is 60.2 Å². The fourth-order valence-corrected chi connectivity index (χ4v) is 3.07. The van der Waals surface area contributed by atoms with E-state index in [1.165, 1.54) is 29.2 Å². The summed E-state index contributed by atoms with van der Waals surface area (Å²) in [5.74, 6) is -1.66. The van der Waals surface area contributed by atoms with Crippen molar-refractivity contribution < 1.29 is 19.3 Å². The molecule has 2 aromatic carbocycles. The Hall–Kier alpha value is -3.07. The van der Waals surface area contributed by atoms with E-state index in [9.17, 15) is 13.2 Å². The maximum Gasteiger partial charge on any atom is 0.246 e. The smallest absolute Gasteiger partial charge is 0.246 e. The van der Waals surface area contributed by atoms with Gasteiger partial charge in [0.2, 0.25) is 5.95 Å². The third-order valence-electron chi connectivity index (χ3n) is 4.37. The first-order valence-corrected chi connectivity index (χ1v) is 8.86. The van der Waals surface area contributed by atoms with E-state index in [0.717, 1.165) is 30.8 Å². The van der Waals surface area contributed by atoms with E-state index in [0.29, 0.717) is 25.4 Å². The van der Waals surface area contributed by atoms with Crippen LogP contribution >= 0.6 is 0 Å². The van der Waals surface area contributed by atoms with E-state index >= 15 is 0 Å². The molecule has 9 heteroatoms. The fraction of sp³-hybridized carbons (Fsp3) is 0.263. The van der Waals surface area contributed by atoms with E-state index in [2.05, 4.69) is 20.3 Å². The average molecular weight is 391 g/mol. The van der Waals surface area contributed by atoms with Gasteiger partial charge in [-0.25, -0.2) is 17.9 Å². The van der Waals surface area contributed by atoms with Gasteiger partial charge in [-0.3, -0.25) is 0 Å². The first-order valence-electron chi connectivity index (χ1n) is 8.86. The molecule has 1 aliphatic heterocycles. The summed E-state index contributed by atoms with van der Waals surface area (Å²) in [5.41, 5.74) is 1.26. The van der Waals surface area contributed by atoms with Gasteiger partial charge in [-0.05, 0) is 36.8 Å². The summed E-state index contributed by atoms with van der Waals surface area (Å²) in [6, 6.07) is 7.77. The Bertz CT molecular complexity index is 976. The monoisotopic (exact) mass is 391 g/mol. The van der Waals surface area contributed by atoms with Gasteiger partial charge >= 0.3 is 0 Å². The number of halogens is 3. The molecule has 0 amide bonds. The van der Waals surface area contributed by atoms with Crippen molar-refractivity contribution in [3.8, 4) is 5.69 Å². The van der Waals surface area contributed by atoms with E-state index in [1.54, 1.807) is 6.07 Å². The van der Waals surface area contributed by atoms with Crippen LogP contribution in [0.15, 0.2) is 42.7 Å². The molecule has 0 bridgehead atoms. The van der Waals surface area contributed by atoms with Crippen LogP contribution in [-0.2, 0) is 4.74 Å². The van der Waals surface area contributed by atoms with Gasteiger partial charge < -0.3 is 15.0 Å². The molecule has 1 aliphatic rings. The summed E-state index contributed by atoms with van der Waals surface area (Å²) in [7, 11) is 0. The molecule has 1 fully saturated rings. The van der Waals surface area contributed by atoms with Crippen LogP contribution in [0.2, 0.25) is 0 Å². The quantitative estimate of drug-likeness (QED) is 0.731. The molecule has 28 heavy (non-hydrogen) atoms. The van der Waals surface area contributed by atoms with Crippen LogP contribution in [0.3, 0.4) is 0 Å². The van der Waals surface area contributed by atoms with E-state index in [4.69, 9.17) is 4.74 Å². The molecule has 4 rings (SSSR count). The first kappa shape index (κ1) is 18.3. The minimum Gasteiger partial charge on any atom is -0.380 e. The summed E-state index contributed by atoms with van der Waals surface area (Å²) >= 11 is 0. The van der Waals surface area contributed by atoms with Gasteiger partial charge in [-0.1, -0.05) is 0 Å². The average Bonchev–Trinajstić information content (AvgIpc) is 2.93. The molecule has 6 nitrogen and oxygen atoms in total. The van der Waals surface area contributed by atoms with Crippen molar-refractivity contribution in [1.29, 1.82) is 0 Å². The third kappa shape index (κ3) is 4.09. The molecule has 0 atom stereocenters. The van der Waals surface area contributed by atoms with Gasteiger partial charge in [0.25, 0.3) is 0 Å². The molecule has 0 spiro atoms. The van der Waals surface area contributed by atoms with Gasteiger partial charge in [0.05, 0.1) is 6.61 Å². The lowest BCUT2D eigenvalue weighted by Crippen LogP contribution is -2.26. The van der Waals surface area contributed by atoms with Gasteiger partial charge in [-0.15, -0.1) is 5.10 Å². The van der Waals surface area contributed by atoms with Crippen molar-refractivity contribution in [2.75, 3.05) is 36.5 Å². The standard InChI is InChI=1S/C19H18F3N5O.H2/c20-13-2-3-18(17(22)10-13)27-12-23-19(25-27)24-15-8-14(21)9-16(11-15)26-4-1-6-28-7-5-26;/h2-3,8-12H,1,4-7H2,(H,24,25);1H. The predicted octanol–water partition coefficient (Wildman–Crippen LogP) is 3.90. The topological polar surface area (TPSA) is 55.2 Å². The van der Waals surface area contributed by atoms with Crippen LogP contribution in [0, 0.1) is 17.5 Å². The number of ether oxygens (including phenoxy) is 1. The largest absolute Gasteiger partial charge is 0.380 e. The Morgan fingerprint density at radius 2 is 1.89 bits per heavy atom. The van der Waals surface area contributed by atoms with Crippen LogP contribution < -0.4 is 10.2 Å². The summed E-state index contributed by atoms with van der Waals surface area (Å²) in [4.78, 5) is 6.12. The molecule has 0 unspecified atom stereocenters. The van der Waals surface area contributed by atoms with E-state index in [1.807, 2.05) is 0 Å².